The number of aromatic amines is 1. The molecule has 4 aromatic heterocycles. The number of nitrogens with one attached hydrogen (secondary N) is 1. The first-order valence-corrected chi connectivity index (χ1v) is 13.3. The third-order valence-corrected chi connectivity index (χ3v) is 8.16. The van der Waals surface area contributed by atoms with Gasteiger partial charge in [0.15, 0.2) is 5.65 Å². The molecule has 0 radical (unpaired) electrons. The number of fused-ring (bicyclic) bond motifs is 2. The van der Waals surface area contributed by atoms with Crippen LogP contribution in [-0.4, -0.2) is 27.3 Å². The number of pyridine rings is 2. The first-order chi connectivity index (χ1) is 17.3. The standard InChI is InChI=1S/C17H15ClN2O2S.C10H9ClN2/c1-3-4-13-11-19-17-15(16(13)18)9-10-20(17)23(21,22)14-7-5-12(2)6-8-14;1-2-3-7-6-13-10-8(9(7)11)4-5-12-10/h3,5-11H,1,4H2,2H3;2,4-6H,1,3H2,(H,12,13). The maximum absolute atomic E-state index is 12.8. The van der Waals surface area contributed by atoms with Gasteiger partial charge in [-0.1, -0.05) is 53.1 Å². The van der Waals surface area contributed by atoms with Crippen LogP contribution in [0.1, 0.15) is 16.7 Å². The molecule has 0 aliphatic carbocycles. The van der Waals surface area contributed by atoms with Crippen LogP contribution in [0.3, 0.4) is 0 Å². The van der Waals surface area contributed by atoms with E-state index in [1.807, 2.05) is 25.3 Å². The summed E-state index contributed by atoms with van der Waals surface area (Å²) < 4.78 is 26.8. The topological polar surface area (TPSA) is 80.6 Å². The Morgan fingerprint density at radius 3 is 2.17 bits per heavy atom. The summed E-state index contributed by atoms with van der Waals surface area (Å²) in [6.45, 7) is 9.26. The van der Waals surface area contributed by atoms with E-state index in [9.17, 15) is 8.42 Å². The van der Waals surface area contributed by atoms with Gasteiger partial charge in [-0.25, -0.2) is 22.4 Å². The van der Waals surface area contributed by atoms with Crippen LogP contribution in [0.25, 0.3) is 22.1 Å². The monoisotopic (exact) mass is 538 g/mol. The summed E-state index contributed by atoms with van der Waals surface area (Å²) in [5.41, 5.74) is 3.99. The highest BCUT2D eigenvalue weighted by molar-refractivity contribution is 7.90. The third-order valence-electron chi connectivity index (χ3n) is 5.59. The van der Waals surface area contributed by atoms with Gasteiger partial charge in [-0.3, -0.25) is 0 Å². The third kappa shape index (κ3) is 4.95. The molecule has 0 unspecified atom stereocenters. The number of nitrogens with zero attached hydrogens (tertiary/aromatic N) is 3. The summed E-state index contributed by atoms with van der Waals surface area (Å²) >= 11 is 12.5. The van der Waals surface area contributed by atoms with Crippen molar-refractivity contribution in [2.45, 2.75) is 24.7 Å². The van der Waals surface area contributed by atoms with E-state index in [2.05, 4.69) is 28.1 Å². The van der Waals surface area contributed by atoms with Crippen molar-refractivity contribution in [1.29, 1.82) is 0 Å². The second kappa shape index (κ2) is 10.7. The van der Waals surface area contributed by atoms with E-state index in [1.165, 1.54) is 6.20 Å². The van der Waals surface area contributed by atoms with Crippen LogP contribution in [0, 0.1) is 6.92 Å². The minimum atomic E-state index is -3.71. The molecule has 5 aromatic rings. The van der Waals surface area contributed by atoms with Crippen molar-refractivity contribution in [1.82, 2.24) is 18.9 Å². The lowest BCUT2D eigenvalue weighted by Gasteiger charge is -2.08. The molecule has 5 rings (SSSR count). The van der Waals surface area contributed by atoms with Gasteiger partial charge in [-0.05, 0) is 55.2 Å². The van der Waals surface area contributed by atoms with Crippen LogP contribution in [-0.2, 0) is 22.9 Å². The number of aromatic nitrogens is 4. The number of benzene rings is 1. The van der Waals surface area contributed by atoms with Crippen molar-refractivity contribution in [3.8, 4) is 0 Å². The zero-order valence-electron chi connectivity index (χ0n) is 19.6. The van der Waals surface area contributed by atoms with E-state index in [0.29, 0.717) is 22.5 Å². The second-order valence-electron chi connectivity index (χ2n) is 8.09. The molecule has 0 saturated carbocycles. The Morgan fingerprint density at radius 1 is 0.917 bits per heavy atom. The SMILES string of the molecule is C=CCc1cnc2[nH]ccc2c1Cl.C=CCc1cnc2c(ccn2S(=O)(=O)c2ccc(C)cc2)c1Cl. The number of hydrogen-bond donors (Lipinski definition) is 1. The van der Waals surface area contributed by atoms with Crippen molar-refractivity contribution in [3.05, 3.63) is 113 Å². The molecule has 1 aromatic carbocycles. The molecule has 4 heterocycles. The molecule has 0 saturated heterocycles. The van der Waals surface area contributed by atoms with Gasteiger partial charge >= 0.3 is 0 Å². The maximum atomic E-state index is 12.8. The Hall–Kier alpha value is -3.39. The minimum absolute atomic E-state index is 0.216. The molecule has 0 spiro atoms. The number of aryl methyl sites for hydroxylation is 1. The van der Waals surface area contributed by atoms with Crippen LogP contribution in [0.5, 0.6) is 0 Å². The van der Waals surface area contributed by atoms with Gasteiger partial charge in [0.2, 0.25) is 0 Å². The average Bonchev–Trinajstić information content (AvgIpc) is 3.52. The average molecular weight is 539 g/mol. The molecule has 0 aliphatic rings. The molecule has 0 aliphatic heterocycles. The quantitative estimate of drug-likeness (QED) is 0.238. The van der Waals surface area contributed by atoms with Gasteiger partial charge in [0.05, 0.1) is 14.9 Å². The van der Waals surface area contributed by atoms with Crippen LogP contribution < -0.4 is 0 Å². The lowest BCUT2D eigenvalue weighted by molar-refractivity contribution is 0.588. The van der Waals surface area contributed by atoms with Gasteiger partial charge in [-0.15, -0.1) is 13.2 Å². The van der Waals surface area contributed by atoms with E-state index in [0.717, 1.165) is 43.1 Å². The first-order valence-electron chi connectivity index (χ1n) is 11.1. The largest absolute Gasteiger partial charge is 0.346 e. The Morgan fingerprint density at radius 2 is 1.53 bits per heavy atom. The maximum Gasteiger partial charge on any atom is 0.269 e. The zero-order chi connectivity index (χ0) is 25.9. The van der Waals surface area contributed by atoms with E-state index < -0.39 is 10.0 Å². The summed E-state index contributed by atoms with van der Waals surface area (Å²) in [6.07, 6.45) is 11.6. The Bertz CT molecular complexity index is 1670. The Labute approximate surface area is 220 Å². The minimum Gasteiger partial charge on any atom is -0.346 e. The molecule has 0 fully saturated rings. The second-order valence-corrected chi connectivity index (χ2v) is 10.7. The highest BCUT2D eigenvalue weighted by atomic mass is 35.5. The van der Waals surface area contributed by atoms with Crippen LogP contribution >= 0.6 is 23.2 Å². The molecule has 1 N–H and O–H groups in total. The predicted octanol–water partition coefficient (Wildman–Crippen LogP) is 6.91. The van der Waals surface area contributed by atoms with Crippen LogP contribution in [0.4, 0.5) is 0 Å². The van der Waals surface area contributed by atoms with E-state index in [-0.39, 0.29) is 4.90 Å². The number of halogens is 2. The Balaban J connectivity index is 0.000000197. The summed E-state index contributed by atoms with van der Waals surface area (Å²) in [6, 6.07) is 10.3. The fourth-order valence-electron chi connectivity index (χ4n) is 3.70. The number of rotatable bonds is 6. The molecule has 184 valence electrons. The highest BCUT2D eigenvalue weighted by Gasteiger charge is 2.21. The molecule has 9 heteroatoms. The number of H-pyrrole nitrogens is 1. The van der Waals surface area contributed by atoms with E-state index in [4.69, 9.17) is 23.2 Å². The fourth-order valence-corrected chi connectivity index (χ4v) is 5.56. The van der Waals surface area contributed by atoms with Gasteiger partial charge in [-0.2, -0.15) is 0 Å². The molecular formula is C27H24Cl2N4O2S. The van der Waals surface area contributed by atoms with Crippen molar-refractivity contribution in [2.24, 2.45) is 0 Å². The molecule has 0 bridgehead atoms. The van der Waals surface area contributed by atoms with Crippen molar-refractivity contribution in [3.63, 3.8) is 0 Å². The highest BCUT2D eigenvalue weighted by Crippen LogP contribution is 2.29. The first kappa shape index (κ1) is 25.7. The smallest absolute Gasteiger partial charge is 0.269 e. The van der Waals surface area contributed by atoms with Crippen LogP contribution in [0.2, 0.25) is 10.0 Å². The molecule has 0 amide bonds. The van der Waals surface area contributed by atoms with Crippen molar-refractivity contribution < 1.29 is 8.42 Å². The molecule has 36 heavy (non-hydrogen) atoms. The molecule has 6 nitrogen and oxygen atoms in total. The van der Waals surface area contributed by atoms with Gasteiger partial charge < -0.3 is 4.98 Å². The van der Waals surface area contributed by atoms with Gasteiger partial charge in [0, 0.05) is 35.6 Å². The summed E-state index contributed by atoms with van der Waals surface area (Å²) in [4.78, 5) is 11.7. The fraction of sp³-hybridized carbons (Fsp3) is 0.111. The van der Waals surface area contributed by atoms with E-state index in [1.54, 1.807) is 48.8 Å². The molecular weight excluding hydrogens is 515 g/mol. The van der Waals surface area contributed by atoms with E-state index >= 15 is 0 Å². The normalized spacial score (nSPS) is 11.3. The summed E-state index contributed by atoms with van der Waals surface area (Å²) in [5.74, 6) is 0. The lowest BCUT2D eigenvalue weighted by Crippen LogP contribution is -2.12. The van der Waals surface area contributed by atoms with Gasteiger partial charge in [0.1, 0.15) is 5.65 Å². The number of hydrogen-bond acceptors (Lipinski definition) is 4. The van der Waals surface area contributed by atoms with Crippen molar-refractivity contribution in [2.75, 3.05) is 0 Å². The zero-order valence-corrected chi connectivity index (χ0v) is 21.9. The predicted molar refractivity (Wildman–Crippen MR) is 147 cm³/mol. The lowest BCUT2D eigenvalue weighted by atomic mass is 10.2. The van der Waals surface area contributed by atoms with Crippen LogP contribution in [0.15, 0.2) is 91.4 Å². The summed E-state index contributed by atoms with van der Waals surface area (Å²) in [7, 11) is -3.71. The number of allylic oxidation sites excluding steroid dienone is 2. The molecule has 0 atom stereocenters. The van der Waals surface area contributed by atoms with Gasteiger partial charge in [0.25, 0.3) is 10.0 Å². The summed E-state index contributed by atoms with van der Waals surface area (Å²) in [5, 5.41) is 2.86. The Kier molecular flexibility index (Phi) is 7.64. The van der Waals surface area contributed by atoms with Crippen molar-refractivity contribution >= 4 is 55.3 Å².